The number of nitrogens with zero attached hydrogens (tertiary/aromatic N) is 1. The smallest absolute Gasteiger partial charge is 0.319 e. The number of ether oxygens (including phenoxy) is 1. The van der Waals surface area contributed by atoms with Crippen LogP contribution in [-0.4, -0.2) is 44.1 Å². The molecule has 0 spiro atoms. The number of methoxy groups -OCH3 is 1. The fourth-order valence-corrected chi connectivity index (χ4v) is 4.83. The number of hydrogen-bond donors (Lipinski definition) is 3. The molecule has 0 radical (unpaired) electrons. The van der Waals surface area contributed by atoms with E-state index in [1.807, 2.05) is 31.2 Å². The van der Waals surface area contributed by atoms with Crippen molar-refractivity contribution < 1.29 is 22.5 Å². The number of rotatable bonds is 7. The Kier molecular flexibility index (Phi) is 7.87. The molecule has 1 saturated heterocycles. The van der Waals surface area contributed by atoms with Gasteiger partial charge in [0, 0.05) is 6.54 Å². The van der Waals surface area contributed by atoms with Crippen molar-refractivity contribution in [3.63, 3.8) is 0 Å². The fourth-order valence-electron chi connectivity index (χ4n) is 4.35. The molecule has 2 aliphatic rings. The van der Waals surface area contributed by atoms with E-state index in [0.29, 0.717) is 19.0 Å². The van der Waals surface area contributed by atoms with Gasteiger partial charge in [-0.25, -0.2) is 4.79 Å². The van der Waals surface area contributed by atoms with Gasteiger partial charge in [0.25, 0.3) is 10.1 Å². The van der Waals surface area contributed by atoms with E-state index in [1.165, 1.54) is 30.5 Å². The summed E-state index contributed by atoms with van der Waals surface area (Å²) in [5.74, 6) is 1.55. The zero-order valence-corrected chi connectivity index (χ0v) is 21.9. The Morgan fingerprint density at radius 1 is 1.03 bits per heavy atom. The molecule has 2 fully saturated rings. The van der Waals surface area contributed by atoms with Crippen molar-refractivity contribution in [1.82, 2.24) is 10.2 Å². The van der Waals surface area contributed by atoms with Gasteiger partial charge in [-0.15, -0.1) is 0 Å². The number of nitrogens with one attached hydrogen (secondary N) is 1. The molecule has 1 saturated carbocycles. The molecule has 196 valence electrons. The Hall–Kier alpha value is -3.40. The number of amides is 2. The maximum atomic E-state index is 12.4. The predicted molar refractivity (Wildman–Crippen MR) is 142 cm³/mol. The number of carbonyl (C=O) groups is 1. The second-order valence-corrected chi connectivity index (χ2v) is 10.9. The average Bonchev–Trinajstić information content (AvgIpc) is 3.69. The lowest BCUT2D eigenvalue weighted by atomic mass is 9.97. The minimum Gasteiger partial charge on any atom is -0.497 e. The second kappa shape index (κ2) is 10.9. The van der Waals surface area contributed by atoms with Crippen LogP contribution >= 0.6 is 0 Å². The van der Waals surface area contributed by atoms with Crippen molar-refractivity contribution in [2.75, 3.05) is 20.2 Å². The Morgan fingerprint density at radius 2 is 1.65 bits per heavy atom. The molecule has 3 aromatic carbocycles. The van der Waals surface area contributed by atoms with Crippen LogP contribution in [0.25, 0.3) is 0 Å². The fraction of sp³-hybridized carbons (Fsp3) is 0.321. The highest BCUT2D eigenvalue weighted by molar-refractivity contribution is 7.85. The summed E-state index contributed by atoms with van der Waals surface area (Å²) in [6.45, 7) is 2.84. The van der Waals surface area contributed by atoms with Gasteiger partial charge in [-0.1, -0.05) is 54.1 Å². The molecule has 37 heavy (non-hydrogen) atoms. The van der Waals surface area contributed by atoms with Gasteiger partial charge in [-0.2, -0.15) is 8.42 Å². The van der Waals surface area contributed by atoms with Gasteiger partial charge < -0.3 is 20.7 Å². The summed E-state index contributed by atoms with van der Waals surface area (Å²) in [6.07, 6.45) is 3.30. The number of benzene rings is 3. The Labute approximate surface area is 218 Å². The van der Waals surface area contributed by atoms with Gasteiger partial charge in [-0.05, 0) is 73.1 Å². The topological polar surface area (TPSA) is 122 Å². The van der Waals surface area contributed by atoms with Crippen LogP contribution in [0.3, 0.4) is 0 Å². The number of urea groups is 1. The summed E-state index contributed by atoms with van der Waals surface area (Å²) in [5, 5.41) is 2.90. The first-order valence-corrected chi connectivity index (χ1v) is 13.7. The molecule has 2 amide bonds. The van der Waals surface area contributed by atoms with Crippen LogP contribution in [0.2, 0.25) is 0 Å². The van der Waals surface area contributed by atoms with Crippen LogP contribution in [-0.2, 0) is 22.2 Å². The van der Waals surface area contributed by atoms with Gasteiger partial charge in [0.15, 0.2) is 0 Å². The number of hydrogen-bond acceptors (Lipinski definition) is 5. The third-order valence-corrected chi connectivity index (χ3v) is 7.67. The Bertz CT molecular complexity index is 1320. The minimum absolute atomic E-state index is 0.0666. The quantitative estimate of drug-likeness (QED) is 0.399. The molecule has 1 heterocycles. The molecule has 8 nitrogen and oxygen atoms in total. The van der Waals surface area contributed by atoms with E-state index in [4.69, 9.17) is 15.0 Å². The summed E-state index contributed by atoms with van der Waals surface area (Å²) < 4.78 is 34.7. The van der Waals surface area contributed by atoms with Crippen molar-refractivity contribution in [2.24, 2.45) is 5.73 Å². The Morgan fingerprint density at radius 3 is 2.19 bits per heavy atom. The zero-order valence-electron chi connectivity index (χ0n) is 21.1. The summed E-state index contributed by atoms with van der Waals surface area (Å²) in [7, 11) is -2.37. The monoisotopic (exact) mass is 523 g/mol. The Balaban J connectivity index is 0.000000245. The lowest BCUT2D eigenvalue weighted by Crippen LogP contribution is -2.52. The first-order chi connectivity index (χ1) is 17.6. The van der Waals surface area contributed by atoms with Gasteiger partial charge >= 0.3 is 6.03 Å². The highest BCUT2D eigenvalue weighted by atomic mass is 32.2. The normalized spacial score (nSPS) is 19.1. The van der Waals surface area contributed by atoms with Gasteiger partial charge in [-0.3, -0.25) is 4.55 Å². The average molecular weight is 524 g/mol. The largest absolute Gasteiger partial charge is 0.497 e. The number of aryl methyl sites for hydroxylation is 1. The van der Waals surface area contributed by atoms with Gasteiger partial charge in [0.05, 0.1) is 18.6 Å². The van der Waals surface area contributed by atoms with Crippen LogP contribution in [0, 0.1) is 6.92 Å². The molecule has 1 unspecified atom stereocenters. The van der Waals surface area contributed by atoms with Crippen LogP contribution < -0.4 is 15.8 Å². The molecule has 1 aliphatic carbocycles. The van der Waals surface area contributed by atoms with E-state index in [1.54, 1.807) is 24.1 Å². The third kappa shape index (κ3) is 6.49. The van der Waals surface area contributed by atoms with E-state index in [-0.39, 0.29) is 10.9 Å². The maximum absolute atomic E-state index is 12.4. The summed E-state index contributed by atoms with van der Waals surface area (Å²) >= 11 is 0. The molecule has 3 aromatic rings. The standard InChI is InChI=1S/C21H25N3O2.C7H8O3S/c1-26-19-10-2-15(3-11-19)12-13-24-20(25)23-14-21(24,22)18-8-6-17(7-9-18)16-4-5-16;1-6-2-4-7(5-3-6)11(8,9)10/h2-3,6-11,16H,4-5,12-14,22H2,1H3,(H,23,25);2-5H,1H3,(H,8,9,10). The van der Waals surface area contributed by atoms with Gasteiger partial charge in [0.2, 0.25) is 0 Å². The maximum Gasteiger partial charge on any atom is 0.319 e. The van der Waals surface area contributed by atoms with Crippen LogP contribution in [0.5, 0.6) is 5.75 Å². The van der Waals surface area contributed by atoms with Crippen molar-refractivity contribution in [2.45, 2.75) is 42.7 Å². The number of carbonyl (C=O) groups excluding carboxylic acids is 1. The highest BCUT2D eigenvalue weighted by Crippen LogP contribution is 2.40. The highest BCUT2D eigenvalue weighted by Gasteiger charge is 2.43. The minimum atomic E-state index is -4.02. The molecule has 5 rings (SSSR count). The van der Waals surface area contributed by atoms with E-state index >= 15 is 0 Å². The van der Waals surface area contributed by atoms with E-state index in [9.17, 15) is 13.2 Å². The molecule has 0 aromatic heterocycles. The van der Waals surface area contributed by atoms with Crippen LogP contribution in [0.4, 0.5) is 4.79 Å². The van der Waals surface area contributed by atoms with Crippen molar-refractivity contribution in [3.8, 4) is 5.75 Å². The summed E-state index contributed by atoms with van der Waals surface area (Å²) in [4.78, 5) is 14.1. The first kappa shape index (κ1) is 26.7. The van der Waals surface area contributed by atoms with E-state index in [0.717, 1.165) is 28.9 Å². The lowest BCUT2D eigenvalue weighted by Gasteiger charge is -2.34. The van der Waals surface area contributed by atoms with Crippen molar-refractivity contribution in [3.05, 3.63) is 95.1 Å². The van der Waals surface area contributed by atoms with E-state index in [2.05, 4.69) is 29.6 Å². The summed E-state index contributed by atoms with van der Waals surface area (Å²) in [5.41, 5.74) is 10.4. The SMILES string of the molecule is COc1ccc(CCN2C(=O)NCC2(N)c2ccc(C3CC3)cc2)cc1.Cc1ccc(S(=O)(=O)O)cc1. The molecular weight excluding hydrogens is 490 g/mol. The molecule has 0 bridgehead atoms. The molecule has 1 aliphatic heterocycles. The predicted octanol–water partition coefficient (Wildman–Crippen LogP) is 4.19. The molecular formula is C28H33N3O5S. The van der Waals surface area contributed by atoms with Crippen molar-refractivity contribution in [1.29, 1.82) is 0 Å². The third-order valence-electron chi connectivity index (χ3n) is 6.80. The van der Waals surface area contributed by atoms with E-state index < -0.39 is 15.8 Å². The van der Waals surface area contributed by atoms with Crippen LogP contribution in [0.15, 0.2) is 77.7 Å². The van der Waals surface area contributed by atoms with Gasteiger partial charge in [0.1, 0.15) is 11.4 Å². The second-order valence-electron chi connectivity index (χ2n) is 9.52. The van der Waals surface area contributed by atoms with Crippen LogP contribution in [0.1, 0.15) is 41.0 Å². The number of nitrogens with two attached hydrogens (primary N) is 1. The summed E-state index contributed by atoms with van der Waals surface area (Å²) in [6, 6.07) is 22.3. The lowest BCUT2D eigenvalue weighted by molar-refractivity contribution is 0.160. The molecule has 4 N–H and O–H groups in total. The zero-order chi connectivity index (χ0) is 26.6. The molecule has 1 atom stereocenters. The first-order valence-electron chi connectivity index (χ1n) is 12.2. The van der Waals surface area contributed by atoms with Crippen molar-refractivity contribution >= 4 is 16.1 Å². The molecule has 9 heteroatoms.